The molecule has 0 atom stereocenters. The summed E-state index contributed by atoms with van der Waals surface area (Å²) in [4.78, 5) is 12.0. The van der Waals surface area contributed by atoms with Gasteiger partial charge in [0.2, 0.25) is 0 Å². The fraction of sp³-hybridized carbons (Fsp3) is 0.154. The second kappa shape index (κ2) is 5.50. The van der Waals surface area contributed by atoms with Crippen molar-refractivity contribution in [2.75, 3.05) is 0 Å². The SMILES string of the molecule is Cc1cnn(Cc2ccc(C(N)=S)cc2Cl)c(=O)c1. The van der Waals surface area contributed by atoms with E-state index < -0.39 is 0 Å². The van der Waals surface area contributed by atoms with Gasteiger partial charge in [-0.3, -0.25) is 4.79 Å². The Labute approximate surface area is 120 Å². The van der Waals surface area contributed by atoms with Crippen LogP contribution in [0.25, 0.3) is 0 Å². The third-order valence-corrected chi connectivity index (χ3v) is 3.25. The third kappa shape index (κ3) is 3.19. The average molecular weight is 294 g/mol. The number of nitrogens with zero attached hydrogens (tertiary/aromatic N) is 2. The molecule has 0 fully saturated rings. The Morgan fingerprint density at radius 3 is 2.79 bits per heavy atom. The molecule has 0 saturated carbocycles. The van der Waals surface area contributed by atoms with Gasteiger partial charge >= 0.3 is 0 Å². The molecule has 19 heavy (non-hydrogen) atoms. The summed E-state index contributed by atoms with van der Waals surface area (Å²) in [7, 11) is 0. The Morgan fingerprint density at radius 2 is 2.21 bits per heavy atom. The molecule has 0 aliphatic carbocycles. The Morgan fingerprint density at radius 1 is 1.47 bits per heavy atom. The molecule has 2 rings (SSSR count). The minimum atomic E-state index is -0.158. The Bertz CT molecular complexity index is 697. The number of aryl methyl sites for hydroxylation is 1. The van der Waals surface area contributed by atoms with Crippen LogP contribution in [0.5, 0.6) is 0 Å². The lowest BCUT2D eigenvalue weighted by Crippen LogP contribution is -2.22. The number of rotatable bonds is 3. The summed E-state index contributed by atoms with van der Waals surface area (Å²) in [6.07, 6.45) is 1.64. The zero-order chi connectivity index (χ0) is 14.0. The highest BCUT2D eigenvalue weighted by Gasteiger charge is 2.06. The van der Waals surface area contributed by atoms with Crippen molar-refractivity contribution >= 4 is 28.8 Å². The van der Waals surface area contributed by atoms with Crippen LogP contribution in [0.1, 0.15) is 16.7 Å². The molecule has 0 bridgehead atoms. The highest BCUT2D eigenvalue weighted by molar-refractivity contribution is 7.80. The van der Waals surface area contributed by atoms with Crippen molar-refractivity contribution in [3.8, 4) is 0 Å². The van der Waals surface area contributed by atoms with E-state index in [0.29, 0.717) is 22.1 Å². The molecule has 2 N–H and O–H groups in total. The van der Waals surface area contributed by atoms with Gasteiger partial charge in [-0.05, 0) is 24.1 Å². The van der Waals surface area contributed by atoms with Crippen LogP contribution in [0, 0.1) is 6.92 Å². The zero-order valence-electron chi connectivity index (χ0n) is 10.3. The first kappa shape index (κ1) is 13.7. The molecule has 0 aliphatic heterocycles. The van der Waals surface area contributed by atoms with E-state index in [4.69, 9.17) is 29.6 Å². The van der Waals surface area contributed by atoms with Crippen molar-refractivity contribution in [2.45, 2.75) is 13.5 Å². The predicted octanol–water partition coefficient (Wildman–Crippen LogP) is 1.89. The molecule has 0 unspecified atom stereocenters. The molecule has 0 saturated heterocycles. The van der Waals surface area contributed by atoms with E-state index in [2.05, 4.69) is 5.10 Å². The Balaban J connectivity index is 2.33. The van der Waals surface area contributed by atoms with Gasteiger partial charge in [-0.25, -0.2) is 4.68 Å². The number of nitrogens with two attached hydrogens (primary N) is 1. The molecule has 0 aliphatic rings. The molecular formula is C13H12ClN3OS. The fourth-order valence-electron chi connectivity index (χ4n) is 1.63. The van der Waals surface area contributed by atoms with Crippen LogP contribution in [0.3, 0.4) is 0 Å². The maximum absolute atomic E-state index is 11.7. The molecule has 0 spiro atoms. The summed E-state index contributed by atoms with van der Waals surface area (Å²) in [6.45, 7) is 2.14. The van der Waals surface area contributed by atoms with Crippen molar-refractivity contribution in [3.05, 3.63) is 62.5 Å². The number of benzene rings is 1. The number of thiocarbonyl (C=S) groups is 1. The van der Waals surface area contributed by atoms with Gasteiger partial charge in [-0.2, -0.15) is 5.10 Å². The van der Waals surface area contributed by atoms with E-state index in [1.54, 1.807) is 24.4 Å². The lowest BCUT2D eigenvalue weighted by molar-refractivity contribution is 0.636. The molecule has 1 aromatic heterocycles. The number of aromatic nitrogens is 2. The minimum absolute atomic E-state index is 0.158. The van der Waals surface area contributed by atoms with Gasteiger partial charge < -0.3 is 5.73 Å². The molecule has 0 amide bonds. The molecule has 1 aromatic carbocycles. The van der Waals surface area contributed by atoms with Crippen molar-refractivity contribution < 1.29 is 0 Å². The summed E-state index contributed by atoms with van der Waals surface area (Å²) < 4.78 is 1.36. The van der Waals surface area contributed by atoms with Gasteiger partial charge in [0.25, 0.3) is 5.56 Å². The lowest BCUT2D eigenvalue weighted by atomic mass is 10.1. The van der Waals surface area contributed by atoms with Crippen LogP contribution in [-0.4, -0.2) is 14.8 Å². The van der Waals surface area contributed by atoms with Crippen LogP contribution < -0.4 is 11.3 Å². The van der Waals surface area contributed by atoms with Gasteiger partial charge in [-0.15, -0.1) is 0 Å². The second-order valence-corrected chi connectivity index (χ2v) is 5.05. The molecule has 2 aromatic rings. The van der Waals surface area contributed by atoms with Crippen molar-refractivity contribution in [3.63, 3.8) is 0 Å². The van der Waals surface area contributed by atoms with Gasteiger partial charge in [0, 0.05) is 16.7 Å². The van der Waals surface area contributed by atoms with Gasteiger partial charge in [-0.1, -0.05) is 36.0 Å². The molecule has 0 radical (unpaired) electrons. The number of halogens is 1. The highest BCUT2D eigenvalue weighted by atomic mass is 35.5. The molecule has 1 heterocycles. The minimum Gasteiger partial charge on any atom is -0.389 e. The Hall–Kier alpha value is -1.72. The number of hydrogen-bond acceptors (Lipinski definition) is 3. The quantitative estimate of drug-likeness (QED) is 0.878. The smallest absolute Gasteiger partial charge is 0.267 e. The van der Waals surface area contributed by atoms with Crippen LogP contribution >= 0.6 is 23.8 Å². The summed E-state index contributed by atoms with van der Waals surface area (Å²) in [6, 6.07) is 6.80. The van der Waals surface area contributed by atoms with Crippen LogP contribution in [0.4, 0.5) is 0 Å². The predicted molar refractivity (Wildman–Crippen MR) is 79.7 cm³/mol. The maximum Gasteiger partial charge on any atom is 0.267 e. The first-order chi connectivity index (χ1) is 8.97. The first-order valence-corrected chi connectivity index (χ1v) is 6.38. The second-order valence-electron chi connectivity index (χ2n) is 4.20. The van der Waals surface area contributed by atoms with E-state index in [9.17, 15) is 4.79 Å². The Kier molecular flexibility index (Phi) is 3.97. The maximum atomic E-state index is 11.7. The van der Waals surface area contributed by atoms with Crippen LogP contribution in [0.15, 0.2) is 35.3 Å². The summed E-state index contributed by atoms with van der Waals surface area (Å²) in [5.41, 5.74) is 7.70. The monoisotopic (exact) mass is 293 g/mol. The molecule has 4 nitrogen and oxygen atoms in total. The van der Waals surface area contributed by atoms with Gasteiger partial charge in [0.1, 0.15) is 4.99 Å². The lowest BCUT2D eigenvalue weighted by Gasteiger charge is -2.08. The largest absolute Gasteiger partial charge is 0.389 e. The summed E-state index contributed by atoms with van der Waals surface area (Å²) in [5, 5.41) is 4.58. The van der Waals surface area contributed by atoms with Gasteiger partial charge in [0.15, 0.2) is 0 Å². The van der Waals surface area contributed by atoms with E-state index in [0.717, 1.165) is 11.1 Å². The normalized spacial score (nSPS) is 10.4. The molecule has 6 heteroatoms. The van der Waals surface area contributed by atoms with Crippen LogP contribution in [-0.2, 0) is 6.54 Å². The zero-order valence-corrected chi connectivity index (χ0v) is 11.8. The third-order valence-electron chi connectivity index (χ3n) is 2.66. The fourth-order valence-corrected chi connectivity index (χ4v) is 2.00. The van der Waals surface area contributed by atoms with E-state index in [1.807, 2.05) is 6.92 Å². The van der Waals surface area contributed by atoms with E-state index in [1.165, 1.54) is 10.7 Å². The number of hydrogen-bond donors (Lipinski definition) is 1. The average Bonchev–Trinajstić information content (AvgIpc) is 2.34. The highest BCUT2D eigenvalue weighted by Crippen LogP contribution is 2.18. The van der Waals surface area contributed by atoms with Crippen molar-refractivity contribution in [1.82, 2.24) is 9.78 Å². The van der Waals surface area contributed by atoms with Crippen molar-refractivity contribution in [1.29, 1.82) is 0 Å². The summed E-state index contributed by atoms with van der Waals surface area (Å²) in [5.74, 6) is 0. The topological polar surface area (TPSA) is 60.9 Å². The molecule has 98 valence electrons. The standard InChI is InChI=1S/C13H12ClN3OS/c1-8-4-12(18)17(16-6-8)7-10-3-2-9(13(15)19)5-11(10)14/h2-6H,7H2,1H3,(H2,15,19). The van der Waals surface area contributed by atoms with Crippen LogP contribution in [0.2, 0.25) is 5.02 Å². The summed E-state index contributed by atoms with van der Waals surface area (Å²) >= 11 is 11.0. The molecular weight excluding hydrogens is 282 g/mol. The van der Waals surface area contributed by atoms with E-state index in [-0.39, 0.29) is 5.56 Å². The van der Waals surface area contributed by atoms with E-state index >= 15 is 0 Å². The van der Waals surface area contributed by atoms with Crippen molar-refractivity contribution in [2.24, 2.45) is 5.73 Å². The first-order valence-electron chi connectivity index (χ1n) is 5.59. The van der Waals surface area contributed by atoms with Gasteiger partial charge in [0.05, 0.1) is 12.7 Å².